The lowest BCUT2D eigenvalue weighted by Crippen LogP contribution is -2.38. The molecule has 4 aromatic rings. The van der Waals surface area contributed by atoms with Gasteiger partial charge >= 0.3 is 0 Å². The maximum Gasteiger partial charge on any atom is 0.262 e. The second-order valence-electron chi connectivity index (χ2n) is 9.13. The van der Waals surface area contributed by atoms with Gasteiger partial charge < -0.3 is 19.0 Å². The van der Waals surface area contributed by atoms with Crippen LogP contribution in [0.15, 0.2) is 53.9 Å². The number of aromatic nitrogens is 5. The van der Waals surface area contributed by atoms with Gasteiger partial charge in [-0.05, 0) is 50.1 Å². The van der Waals surface area contributed by atoms with Gasteiger partial charge in [0, 0.05) is 43.5 Å². The molecule has 0 radical (unpaired) electrons. The highest BCUT2D eigenvalue weighted by Gasteiger charge is 2.33. The number of nitrogens with one attached hydrogen (secondary N) is 1. The van der Waals surface area contributed by atoms with Gasteiger partial charge in [0.1, 0.15) is 5.82 Å². The molecule has 6 rings (SSSR count). The van der Waals surface area contributed by atoms with Crippen LogP contribution in [0.1, 0.15) is 30.3 Å². The molecule has 1 fully saturated rings. The van der Waals surface area contributed by atoms with Gasteiger partial charge in [0.05, 0.1) is 23.4 Å². The van der Waals surface area contributed by atoms with Crippen molar-refractivity contribution in [3.63, 3.8) is 0 Å². The molecule has 186 valence electrons. The third-order valence-corrected chi connectivity index (χ3v) is 8.42. The summed E-state index contributed by atoms with van der Waals surface area (Å²) in [6.45, 7) is 2.97. The van der Waals surface area contributed by atoms with Crippen LogP contribution in [-0.4, -0.2) is 57.1 Å². The first-order valence-electron chi connectivity index (χ1n) is 11.8. The van der Waals surface area contributed by atoms with E-state index in [4.69, 9.17) is 19.4 Å². The number of benzene rings is 1. The van der Waals surface area contributed by atoms with Gasteiger partial charge in [-0.1, -0.05) is 6.07 Å². The molecule has 10 nitrogen and oxygen atoms in total. The lowest BCUT2D eigenvalue weighted by atomic mass is 9.97. The molecule has 5 heterocycles. The van der Waals surface area contributed by atoms with Crippen molar-refractivity contribution in [3.05, 3.63) is 60.4 Å². The summed E-state index contributed by atoms with van der Waals surface area (Å²) < 4.78 is 40.2. The zero-order valence-corrected chi connectivity index (χ0v) is 20.8. The minimum absolute atomic E-state index is 0.0827. The summed E-state index contributed by atoms with van der Waals surface area (Å²) in [5.74, 6) is 2.32. The number of piperidine rings is 1. The van der Waals surface area contributed by atoms with Crippen LogP contribution >= 0.6 is 0 Å². The second kappa shape index (κ2) is 8.75. The molecule has 0 bridgehead atoms. The number of fused-ring (bicyclic) bond motifs is 1. The first kappa shape index (κ1) is 22.7. The van der Waals surface area contributed by atoms with E-state index in [2.05, 4.69) is 9.97 Å². The van der Waals surface area contributed by atoms with E-state index >= 15 is 0 Å². The first-order chi connectivity index (χ1) is 17.4. The van der Waals surface area contributed by atoms with Crippen LogP contribution in [0.4, 0.5) is 0 Å². The molecule has 3 aromatic heterocycles. The third kappa shape index (κ3) is 4.03. The third-order valence-electron chi connectivity index (χ3n) is 6.64. The van der Waals surface area contributed by atoms with Crippen LogP contribution < -0.4 is 9.47 Å². The second-order valence-corrected chi connectivity index (χ2v) is 11.0. The molecule has 2 aliphatic heterocycles. The largest absolute Gasteiger partial charge is 0.454 e. The number of nitrogens with zero attached hydrogens (tertiary/aromatic N) is 5. The lowest BCUT2D eigenvalue weighted by molar-refractivity contribution is 0.174. The van der Waals surface area contributed by atoms with E-state index in [-0.39, 0.29) is 17.7 Å². The average Bonchev–Trinajstić information content (AvgIpc) is 3.63. The molecule has 1 aromatic carbocycles. The molecule has 0 saturated carbocycles. The highest BCUT2D eigenvalue weighted by atomic mass is 32.2. The first-order valence-corrected chi connectivity index (χ1v) is 13.2. The van der Waals surface area contributed by atoms with Crippen molar-refractivity contribution in [2.24, 2.45) is 7.05 Å². The van der Waals surface area contributed by atoms with Gasteiger partial charge in [-0.25, -0.2) is 18.4 Å². The Labute approximate surface area is 209 Å². The van der Waals surface area contributed by atoms with Gasteiger partial charge in [-0.2, -0.15) is 4.31 Å². The van der Waals surface area contributed by atoms with Crippen LogP contribution in [0.2, 0.25) is 0 Å². The van der Waals surface area contributed by atoms with Gasteiger partial charge in [0.15, 0.2) is 16.5 Å². The Hall–Kier alpha value is -3.70. The zero-order chi connectivity index (χ0) is 24.9. The van der Waals surface area contributed by atoms with Crippen molar-refractivity contribution in [1.29, 1.82) is 0 Å². The van der Waals surface area contributed by atoms with Gasteiger partial charge in [-0.15, -0.1) is 0 Å². The van der Waals surface area contributed by atoms with Crippen LogP contribution in [0.3, 0.4) is 0 Å². The van der Waals surface area contributed by atoms with E-state index in [0.29, 0.717) is 37.4 Å². The maximum absolute atomic E-state index is 13.0. The lowest BCUT2D eigenvalue weighted by Gasteiger charge is -2.29. The molecule has 0 atom stereocenters. The molecular weight excluding hydrogens is 480 g/mol. The van der Waals surface area contributed by atoms with Gasteiger partial charge in [-0.3, -0.25) is 4.98 Å². The number of hydrogen-bond donors (Lipinski definition) is 1. The Kier molecular flexibility index (Phi) is 5.53. The Morgan fingerprint density at radius 2 is 1.86 bits per heavy atom. The van der Waals surface area contributed by atoms with Crippen molar-refractivity contribution < 1.29 is 17.9 Å². The molecular formula is C25H26N6O4S. The molecule has 0 unspecified atom stereocenters. The highest BCUT2D eigenvalue weighted by molar-refractivity contribution is 7.89. The van der Waals surface area contributed by atoms with Crippen molar-refractivity contribution >= 4 is 10.0 Å². The summed E-state index contributed by atoms with van der Waals surface area (Å²) in [4.78, 5) is 17.3. The molecule has 1 N–H and O–H groups in total. The van der Waals surface area contributed by atoms with Crippen LogP contribution in [0.5, 0.6) is 11.5 Å². The SMILES string of the molecule is Cc1cccc(-c2[nH]c(C3CCN(S(=O)(=O)c4cn(C)cn4)CC3)nc2-c2ccc3c(c2)OCO3)n1. The summed E-state index contributed by atoms with van der Waals surface area (Å²) in [5, 5.41) is 0.0827. The van der Waals surface area contributed by atoms with Crippen LogP contribution in [-0.2, 0) is 17.1 Å². The summed E-state index contributed by atoms with van der Waals surface area (Å²) in [7, 11) is -1.85. The number of ether oxygens (including phenoxy) is 2. The fraction of sp³-hybridized carbons (Fsp3) is 0.320. The number of hydrogen-bond acceptors (Lipinski definition) is 7. The maximum atomic E-state index is 13.0. The standard InChI is InChI=1S/C25H26N6O4S/c1-16-4-3-5-19(27-16)24-23(18-6-7-20-21(12-18)35-15-34-20)28-25(29-24)17-8-10-31(11-9-17)36(32,33)22-13-30(2)14-26-22/h3-7,12-14,17H,8-11,15H2,1-2H3,(H,28,29). The summed E-state index contributed by atoms with van der Waals surface area (Å²) >= 11 is 0. The van der Waals surface area contributed by atoms with Crippen molar-refractivity contribution in [2.45, 2.75) is 30.7 Å². The zero-order valence-electron chi connectivity index (χ0n) is 20.0. The monoisotopic (exact) mass is 506 g/mol. The topological polar surface area (TPSA) is 115 Å². The minimum Gasteiger partial charge on any atom is -0.454 e. The molecule has 11 heteroatoms. The highest BCUT2D eigenvalue weighted by Crippen LogP contribution is 2.39. The Balaban J connectivity index is 1.31. The number of aryl methyl sites for hydroxylation is 2. The number of pyridine rings is 1. The summed E-state index contributed by atoms with van der Waals surface area (Å²) in [5.41, 5.74) is 4.22. The van der Waals surface area contributed by atoms with Crippen molar-refractivity contribution in [2.75, 3.05) is 19.9 Å². The predicted octanol–water partition coefficient (Wildman–Crippen LogP) is 3.48. The Bertz CT molecular complexity index is 1540. The fourth-order valence-corrected chi connectivity index (χ4v) is 6.17. The minimum atomic E-state index is -3.61. The predicted molar refractivity (Wildman–Crippen MR) is 132 cm³/mol. The van der Waals surface area contributed by atoms with E-state index < -0.39 is 10.0 Å². The smallest absolute Gasteiger partial charge is 0.262 e. The molecule has 0 amide bonds. The Morgan fingerprint density at radius 3 is 2.61 bits per heavy atom. The number of sulfonamides is 1. The normalized spacial score (nSPS) is 16.5. The fourth-order valence-electron chi connectivity index (χ4n) is 4.73. The van der Waals surface area contributed by atoms with E-state index in [1.54, 1.807) is 11.6 Å². The number of H-pyrrole nitrogens is 1. The molecule has 36 heavy (non-hydrogen) atoms. The molecule has 0 aliphatic carbocycles. The van der Waals surface area contributed by atoms with Gasteiger partial charge in [0.2, 0.25) is 6.79 Å². The molecule has 0 spiro atoms. The average molecular weight is 507 g/mol. The summed E-state index contributed by atoms with van der Waals surface area (Å²) in [6, 6.07) is 11.7. The quantitative estimate of drug-likeness (QED) is 0.441. The van der Waals surface area contributed by atoms with E-state index in [1.807, 2.05) is 43.3 Å². The van der Waals surface area contributed by atoms with Crippen molar-refractivity contribution in [1.82, 2.24) is 28.8 Å². The van der Waals surface area contributed by atoms with E-state index in [0.717, 1.165) is 34.2 Å². The van der Waals surface area contributed by atoms with E-state index in [9.17, 15) is 8.42 Å². The number of rotatable bonds is 5. The van der Waals surface area contributed by atoms with Gasteiger partial charge in [0.25, 0.3) is 10.0 Å². The number of aromatic amines is 1. The van der Waals surface area contributed by atoms with Crippen molar-refractivity contribution in [3.8, 4) is 34.1 Å². The molecule has 1 saturated heterocycles. The Morgan fingerprint density at radius 1 is 1.06 bits per heavy atom. The molecule has 2 aliphatic rings. The van der Waals surface area contributed by atoms with Crippen LogP contribution in [0.25, 0.3) is 22.6 Å². The number of imidazole rings is 2. The summed E-state index contributed by atoms with van der Waals surface area (Å²) in [6.07, 6.45) is 4.34. The van der Waals surface area contributed by atoms with E-state index in [1.165, 1.54) is 16.8 Å². The van der Waals surface area contributed by atoms with Crippen LogP contribution in [0, 0.1) is 6.92 Å².